The lowest BCUT2D eigenvalue weighted by Gasteiger charge is -2.19. The van der Waals surface area contributed by atoms with E-state index in [9.17, 15) is 4.79 Å². The summed E-state index contributed by atoms with van der Waals surface area (Å²) in [6, 6.07) is 7.66. The molecule has 0 aromatic carbocycles. The second kappa shape index (κ2) is 6.13. The summed E-state index contributed by atoms with van der Waals surface area (Å²) in [5.74, 6) is -0.817. The topological polar surface area (TPSA) is 49.3 Å². The molecule has 2 atom stereocenters. The summed E-state index contributed by atoms with van der Waals surface area (Å²) in [4.78, 5) is 13.4. The Bertz CT molecular complexity index is 479. The number of carboxylic acids is 1. The molecule has 18 heavy (non-hydrogen) atoms. The zero-order valence-corrected chi connectivity index (χ0v) is 11.6. The van der Waals surface area contributed by atoms with Gasteiger partial charge in [0.1, 0.15) is 6.04 Å². The highest BCUT2D eigenvalue weighted by Crippen LogP contribution is 2.25. The van der Waals surface area contributed by atoms with Crippen molar-refractivity contribution in [1.82, 2.24) is 5.32 Å². The quantitative estimate of drug-likeness (QED) is 0.855. The van der Waals surface area contributed by atoms with Crippen molar-refractivity contribution in [3.63, 3.8) is 0 Å². The van der Waals surface area contributed by atoms with Crippen LogP contribution < -0.4 is 5.32 Å². The highest BCUT2D eigenvalue weighted by molar-refractivity contribution is 7.10. The van der Waals surface area contributed by atoms with Crippen LogP contribution in [-0.4, -0.2) is 17.1 Å². The average Bonchev–Trinajstić information content (AvgIpc) is 3.00. The van der Waals surface area contributed by atoms with E-state index in [4.69, 9.17) is 5.11 Å². The van der Waals surface area contributed by atoms with Crippen molar-refractivity contribution in [1.29, 1.82) is 0 Å². The molecule has 0 spiro atoms. The Labute approximate surface area is 114 Å². The molecule has 0 saturated carbocycles. The third-order valence-electron chi connectivity index (χ3n) is 2.69. The van der Waals surface area contributed by atoms with E-state index >= 15 is 0 Å². The van der Waals surface area contributed by atoms with Gasteiger partial charge in [-0.25, -0.2) is 0 Å². The summed E-state index contributed by atoms with van der Waals surface area (Å²) in [5.41, 5.74) is 0. The zero-order valence-electron chi connectivity index (χ0n) is 10.00. The second-order valence-corrected chi connectivity index (χ2v) is 6.09. The summed E-state index contributed by atoms with van der Waals surface area (Å²) in [5, 5.41) is 16.2. The van der Waals surface area contributed by atoms with E-state index in [-0.39, 0.29) is 6.04 Å². The maximum absolute atomic E-state index is 11.0. The van der Waals surface area contributed by atoms with Gasteiger partial charge in [-0.15, -0.1) is 22.7 Å². The molecule has 2 unspecified atom stereocenters. The Morgan fingerprint density at radius 1 is 1.33 bits per heavy atom. The highest BCUT2D eigenvalue weighted by Gasteiger charge is 2.19. The molecule has 0 bridgehead atoms. The van der Waals surface area contributed by atoms with Gasteiger partial charge >= 0.3 is 5.97 Å². The van der Waals surface area contributed by atoms with Crippen LogP contribution in [-0.2, 0) is 11.2 Å². The van der Waals surface area contributed by atoms with Crippen LogP contribution in [0.3, 0.4) is 0 Å². The molecule has 0 saturated heterocycles. The summed E-state index contributed by atoms with van der Waals surface area (Å²) in [7, 11) is 0. The van der Waals surface area contributed by atoms with Gasteiger partial charge in [0, 0.05) is 22.2 Å². The summed E-state index contributed by atoms with van der Waals surface area (Å²) in [6.45, 7) is 1.68. The van der Waals surface area contributed by atoms with Crippen LogP contribution in [0.5, 0.6) is 0 Å². The molecule has 2 aromatic rings. The van der Waals surface area contributed by atoms with Crippen molar-refractivity contribution in [2.24, 2.45) is 0 Å². The lowest BCUT2D eigenvalue weighted by Crippen LogP contribution is -2.37. The van der Waals surface area contributed by atoms with Gasteiger partial charge in [0.25, 0.3) is 0 Å². The van der Waals surface area contributed by atoms with E-state index in [0.29, 0.717) is 0 Å². The maximum atomic E-state index is 11.0. The normalized spacial score (nSPS) is 14.3. The van der Waals surface area contributed by atoms with Gasteiger partial charge in [-0.05, 0) is 29.8 Å². The van der Waals surface area contributed by atoms with Gasteiger partial charge < -0.3 is 5.11 Å². The predicted molar refractivity (Wildman–Crippen MR) is 75.3 cm³/mol. The van der Waals surface area contributed by atoms with Crippen LogP contribution >= 0.6 is 22.7 Å². The molecule has 0 radical (unpaired) electrons. The maximum Gasteiger partial charge on any atom is 0.320 e. The standard InChI is InChI=1S/C13H15NO2S2/c1-9(13(15)16)14-11(12-5-3-7-18-12)8-10-4-2-6-17-10/h2-7,9,11,14H,8H2,1H3,(H,15,16). The number of carbonyl (C=O) groups is 1. The summed E-state index contributed by atoms with van der Waals surface area (Å²) in [6.07, 6.45) is 0.829. The first kappa shape index (κ1) is 13.3. The minimum absolute atomic E-state index is 0.0646. The molecule has 96 valence electrons. The van der Waals surface area contributed by atoms with Crippen molar-refractivity contribution in [3.8, 4) is 0 Å². The molecule has 0 fully saturated rings. The molecule has 0 amide bonds. The molecular weight excluding hydrogens is 266 g/mol. The first-order valence-corrected chi connectivity index (χ1v) is 7.47. The van der Waals surface area contributed by atoms with E-state index in [1.165, 1.54) is 9.75 Å². The molecule has 2 N–H and O–H groups in total. The lowest BCUT2D eigenvalue weighted by atomic mass is 10.1. The monoisotopic (exact) mass is 281 g/mol. The van der Waals surface area contributed by atoms with Gasteiger partial charge in [0.15, 0.2) is 0 Å². The van der Waals surface area contributed by atoms with E-state index in [1.807, 2.05) is 29.0 Å². The molecule has 0 aliphatic heterocycles. The molecule has 5 heteroatoms. The van der Waals surface area contributed by atoms with Crippen LogP contribution in [0.1, 0.15) is 22.7 Å². The number of aliphatic carboxylic acids is 1. The Balaban J connectivity index is 2.10. The van der Waals surface area contributed by atoms with Crippen molar-refractivity contribution < 1.29 is 9.90 Å². The number of nitrogens with one attached hydrogen (secondary N) is 1. The van der Waals surface area contributed by atoms with E-state index in [2.05, 4.69) is 11.4 Å². The highest BCUT2D eigenvalue weighted by atomic mass is 32.1. The Morgan fingerprint density at radius 2 is 2.06 bits per heavy atom. The third kappa shape index (κ3) is 3.41. The predicted octanol–water partition coefficient (Wildman–Crippen LogP) is 3.16. The van der Waals surface area contributed by atoms with Gasteiger partial charge in [0.05, 0.1) is 0 Å². The van der Waals surface area contributed by atoms with Crippen molar-refractivity contribution >= 4 is 28.6 Å². The summed E-state index contributed by atoms with van der Waals surface area (Å²) >= 11 is 3.36. The van der Waals surface area contributed by atoms with Gasteiger partial charge in [-0.2, -0.15) is 0 Å². The summed E-state index contributed by atoms with van der Waals surface area (Å²) < 4.78 is 0. The van der Waals surface area contributed by atoms with Gasteiger partial charge in [-0.3, -0.25) is 10.1 Å². The van der Waals surface area contributed by atoms with Crippen molar-refractivity contribution in [3.05, 3.63) is 44.8 Å². The fourth-order valence-electron chi connectivity index (χ4n) is 1.73. The minimum Gasteiger partial charge on any atom is -0.480 e. The van der Waals surface area contributed by atoms with Gasteiger partial charge in [0.2, 0.25) is 0 Å². The van der Waals surface area contributed by atoms with Crippen LogP contribution in [0.2, 0.25) is 0 Å². The van der Waals surface area contributed by atoms with Crippen molar-refractivity contribution in [2.45, 2.75) is 25.4 Å². The SMILES string of the molecule is CC(NC(Cc1cccs1)c1cccs1)C(=O)O. The van der Waals surface area contributed by atoms with E-state index in [0.717, 1.165) is 6.42 Å². The Morgan fingerprint density at radius 3 is 2.61 bits per heavy atom. The number of rotatable bonds is 6. The van der Waals surface area contributed by atoms with Crippen LogP contribution in [0, 0.1) is 0 Å². The first-order valence-electron chi connectivity index (χ1n) is 5.71. The molecule has 2 heterocycles. The van der Waals surface area contributed by atoms with E-state index in [1.54, 1.807) is 29.6 Å². The lowest BCUT2D eigenvalue weighted by molar-refractivity contribution is -0.139. The smallest absolute Gasteiger partial charge is 0.320 e. The Hall–Kier alpha value is -1.17. The molecule has 3 nitrogen and oxygen atoms in total. The fraction of sp³-hybridized carbons (Fsp3) is 0.308. The van der Waals surface area contributed by atoms with Crippen LogP contribution in [0.25, 0.3) is 0 Å². The number of hydrogen-bond acceptors (Lipinski definition) is 4. The van der Waals surface area contributed by atoms with Crippen LogP contribution in [0.15, 0.2) is 35.0 Å². The van der Waals surface area contributed by atoms with Gasteiger partial charge in [-0.1, -0.05) is 12.1 Å². The number of carboxylic acid groups (broad SMARTS) is 1. The minimum atomic E-state index is -0.817. The van der Waals surface area contributed by atoms with Crippen LogP contribution in [0.4, 0.5) is 0 Å². The fourth-order valence-corrected chi connectivity index (χ4v) is 3.27. The molecular formula is C13H15NO2S2. The molecule has 0 aliphatic carbocycles. The zero-order chi connectivity index (χ0) is 13.0. The largest absolute Gasteiger partial charge is 0.480 e. The second-order valence-electron chi connectivity index (χ2n) is 4.08. The third-order valence-corrected chi connectivity index (χ3v) is 4.58. The molecule has 0 aliphatic rings. The molecule has 2 aromatic heterocycles. The first-order chi connectivity index (χ1) is 8.66. The molecule has 2 rings (SSSR count). The average molecular weight is 281 g/mol. The Kier molecular flexibility index (Phi) is 4.52. The van der Waals surface area contributed by atoms with E-state index < -0.39 is 12.0 Å². The van der Waals surface area contributed by atoms with Crippen molar-refractivity contribution in [2.75, 3.05) is 0 Å². The number of hydrogen-bond donors (Lipinski definition) is 2. The number of thiophene rings is 2.